The molecule has 0 saturated carbocycles. The molecule has 1 atom stereocenters. The van der Waals surface area contributed by atoms with Crippen LogP contribution in [0, 0.1) is 5.92 Å². The van der Waals surface area contributed by atoms with Crippen LogP contribution in [-0.2, 0) is 0 Å². The van der Waals surface area contributed by atoms with E-state index in [1.165, 1.54) is 25.9 Å². The molecule has 1 unspecified atom stereocenters. The Morgan fingerprint density at radius 1 is 1.07 bits per heavy atom. The first kappa shape index (κ1) is 14.9. The number of nitrogens with one attached hydrogen (secondary N) is 1. The van der Waals surface area contributed by atoms with Gasteiger partial charge in [-0.05, 0) is 38.4 Å². The zero-order valence-electron chi connectivity index (χ0n) is 11.3. The fourth-order valence-corrected chi connectivity index (χ4v) is 1.96. The first-order valence-corrected chi connectivity index (χ1v) is 6.60. The molecule has 0 saturated heterocycles. The summed E-state index contributed by atoms with van der Waals surface area (Å²) in [6, 6.07) is 0.716. The molecule has 0 amide bonds. The quantitative estimate of drug-likeness (QED) is 0.635. The summed E-state index contributed by atoms with van der Waals surface area (Å²) in [7, 11) is 0. The Hall–Kier alpha value is -0.0800. The maximum Gasteiger partial charge on any atom is 0.0217 e. The van der Waals surface area contributed by atoms with Gasteiger partial charge in [-0.3, -0.25) is 4.90 Å². The van der Waals surface area contributed by atoms with Crippen molar-refractivity contribution >= 4 is 0 Å². The fraction of sp³-hybridized carbons (Fsp3) is 1.00. The molecule has 0 aromatic rings. The molecule has 2 nitrogen and oxygen atoms in total. The lowest BCUT2D eigenvalue weighted by Crippen LogP contribution is -2.43. The summed E-state index contributed by atoms with van der Waals surface area (Å²) in [6.07, 6.45) is 2.51. The van der Waals surface area contributed by atoms with Crippen molar-refractivity contribution in [1.29, 1.82) is 0 Å². The van der Waals surface area contributed by atoms with Crippen LogP contribution >= 0.6 is 0 Å². The lowest BCUT2D eigenvalue weighted by Gasteiger charge is -2.30. The van der Waals surface area contributed by atoms with Crippen molar-refractivity contribution in [2.24, 2.45) is 5.92 Å². The Bertz CT molecular complexity index is 134. The lowest BCUT2D eigenvalue weighted by molar-refractivity contribution is 0.195. The van der Waals surface area contributed by atoms with Gasteiger partial charge in [0.2, 0.25) is 0 Å². The van der Waals surface area contributed by atoms with Crippen LogP contribution in [0.5, 0.6) is 0 Å². The zero-order chi connectivity index (χ0) is 11.7. The maximum absolute atomic E-state index is 3.57. The lowest BCUT2D eigenvalue weighted by atomic mass is 10.1. The summed E-state index contributed by atoms with van der Waals surface area (Å²) >= 11 is 0. The van der Waals surface area contributed by atoms with E-state index in [1.807, 2.05) is 0 Å². The van der Waals surface area contributed by atoms with Crippen LogP contribution in [0.25, 0.3) is 0 Å². The molecule has 0 bridgehead atoms. The van der Waals surface area contributed by atoms with Crippen molar-refractivity contribution in [3.63, 3.8) is 0 Å². The number of hydrogen-bond donors (Lipinski definition) is 1. The third-order valence-corrected chi connectivity index (χ3v) is 2.84. The van der Waals surface area contributed by atoms with E-state index in [4.69, 9.17) is 0 Å². The second-order valence-electron chi connectivity index (χ2n) is 4.74. The van der Waals surface area contributed by atoms with Crippen molar-refractivity contribution in [2.45, 2.75) is 53.5 Å². The van der Waals surface area contributed by atoms with Gasteiger partial charge in [0, 0.05) is 12.6 Å². The summed E-state index contributed by atoms with van der Waals surface area (Å²) in [5.41, 5.74) is 0. The van der Waals surface area contributed by atoms with Crippen molar-refractivity contribution < 1.29 is 0 Å². The predicted octanol–water partition coefficient (Wildman–Crippen LogP) is 2.74. The predicted molar refractivity (Wildman–Crippen MR) is 69.3 cm³/mol. The van der Waals surface area contributed by atoms with Crippen LogP contribution in [0.15, 0.2) is 0 Å². The first-order chi connectivity index (χ1) is 7.15. The molecule has 0 aromatic carbocycles. The second-order valence-corrected chi connectivity index (χ2v) is 4.74. The highest BCUT2D eigenvalue weighted by atomic mass is 15.2. The van der Waals surface area contributed by atoms with Gasteiger partial charge in [0.25, 0.3) is 0 Å². The Labute approximate surface area is 96.4 Å². The van der Waals surface area contributed by atoms with Gasteiger partial charge in [-0.2, -0.15) is 0 Å². The first-order valence-electron chi connectivity index (χ1n) is 6.60. The summed E-state index contributed by atoms with van der Waals surface area (Å²) in [5.74, 6) is 0.753. The molecule has 0 aliphatic heterocycles. The van der Waals surface area contributed by atoms with Crippen molar-refractivity contribution in [1.82, 2.24) is 10.2 Å². The molecule has 0 fully saturated rings. The molecule has 0 spiro atoms. The molecule has 1 N–H and O–H groups in total. The van der Waals surface area contributed by atoms with E-state index >= 15 is 0 Å². The Morgan fingerprint density at radius 3 is 2.13 bits per heavy atom. The van der Waals surface area contributed by atoms with Crippen molar-refractivity contribution in [2.75, 3.05) is 26.2 Å². The third kappa shape index (κ3) is 6.91. The number of likely N-dealkylation sites (N-methyl/N-ethyl adjacent to an activating group) is 1. The summed E-state index contributed by atoms with van der Waals surface area (Å²) < 4.78 is 0. The average Bonchev–Trinajstić information content (AvgIpc) is 2.21. The van der Waals surface area contributed by atoms with Crippen LogP contribution in [0.3, 0.4) is 0 Å². The zero-order valence-corrected chi connectivity index (χ0v) is 11.3. The van der Waals surface area contributed by atoms with E-state index in [9.17, 15) is 0 Å². The van der Waals surface area contributed by atoms with Gasteiger partial charge in [-0.25, -0.2) is 0 Å². The minimum absolute atomic E-state index is 0.716. The number of hydrogen-bond acceptors (Lipinski definition) is 2. The molecule has 0 rings (SSSR count). The van der Waals surface area contributed by atoms with Gasteiger partial charge in [0.1, 0.15) is 0 Å². The molecular formula is C13H30N2. The van der Waals surface area contributed by atoms with Gasteiger partial charge in [-0.15, -0.1) is 0 Å². The van der Waals surface area contributed by atoms with Crippen molar-refractivity contribution in [3.05, 3.63) is 0 Å². The van der Waals surface area contributed by atoms with E-state index in [0.29, 0.717) is 6.04 Å². The average molecular weight is 214 g/mol. The van der Waals surface area contributed by atoms with Gasteiger partial charge < -0.3 is 5.32 Å². The fourth-order valence-electron chi connectivity index (χ4n) is 1.96. The molecular weight excluding hydrogens is 184 g/mol. The van der Waals surface area contributed by atoms with E-state index < -0.39 is 0 Å². The molecule has 2 heteroatoms. The molecule has 0 aliphatic carbocycles. The minimum Gasteiger partial charge on any atom is -0.315 e. The van der Waals surface area contributed by atoms with Gasteiger partial charge >= 0.3 is 0 Å². The normalized spacial score (nSPS) is 13.8. The molecule has 0 radical (unpaired) electrons. The Balaban J connectivity index is 3.86. The number of nitrogens with zero attached hydrogens (tertiary/aromatic N) is 1. The summed E-state index contributed by atoms with van der Waals surface area (Å²) in [5, 5.41) is 3.57. The molecule has 0 aromatic heterocycles. The van der Waals surface area contributed by atoms with E-state index in [2.05, 4.69) is 44.8 Å². The minimum atomic E-state index is 0.716. The Morgan fingerprint density at radius 2 is 1.73 bits per heavy atom. The second kappa shape index (κ2) is 9.17. The summed E-state index contributed by atoms with van der Waals surface area (Å²) in [6.45, 7) is 16.0. The topological polar surface area (TPSA) is 15.3 Å². The van der Waals surface area contributed by atoms with Crippen LogP contribution in [-0.4, -0.2) is 37.1 Å². The van der Waals surface area contributed by atoms with Crippen LogP contribution < -0.4 is 5.32 Å². The SMILES string of the molecule is CCCN(CC)C(CC)CNCC(C)C. The molecule has 92 valence electrons. The highest BCUT2D eigenvalue weighted by Crippen LogP contribution is 2.04. The van der Waals surface area contributed by atoms with E-state index in [1.54, 1.807) is 0 Å². The monoisotopic (exact) mass is 214 g/mol. The van der Waals surface area contributed by atoms with Gasteiger partial charge in [0.15, 0.2) is 0 Å². The Kier molecular flexibility index (Phi) is 9.12. The smallest absolute Gasteiger partial charge is 0.0217 e. The molecule has 15 heavy (non-hydrogen) atoms. The highest BCUT2D eigenvalue weighted by molar-refractivity contribution is 4.72. The molecule has 0 heterocycles. The van der Waals surface area contributed by atoms with Gasteiger partial charge in [-0.1, -0.05) is 34.6 Å². The van der Waals surface area contributed by atoms with Crippen LogP contribution in [0.1, 0.15) is 47.5 Å². The summed E-state index contributed by atoms with van der Waals surface area (Å²) in [4.78, 5) is 2.59. The molecule has 0 aliphatic rings. The van der Waals surface area contributed by atoms with Crippen LogP contribution in [0.4, 0.5) is 0 Å². The van der Waals surface area contributed by atoms with E-state index in [-0.39, 0.29) is 0 Å². The van der Waals surface area contributed by atoms with E-state index in [0.717, 1.165) is 19.0 Å². The number of rotatable bonds is 9. The van der Waals surface area contributed by atoms with Gasteiger partial charge in [0.05, 0.1) is 0 Å². The standard InChI is InChI=1S/C13H30N2/c1-6-9-15(8-3)13(7-2)11-14-10-12(4)5/h12-14H,6-11H2,1-5H3. The van der Waals surface area contributed by atoms with Crippen LogP contribution in [0.2, 0.25) is 0 Å². The largest absolute Gasteiger partial charge is 0.315 e. The third-order valence-electron chi connectivity index (χ3n) is 2.84. The highest BCUT2D eigenvalue weighted by Gasteiger charge is 2.13. The maximum atomic E-state index is 3.57. The van der Waals surface area contributed by atoms with Crippen molar-refractivity contribution in [3.8, 4) is 0 Å².